The summed E-state index contributed by atoms with van der Waals surface area (Å²) in [5.41, 5.74) is 0.165. The molecule has 6 aromatic carbocycles. The molecular formula is C44H22Br2F10N2O10S2. The number of aromatic nitrogens is 2. The van der Waals surface area contributed by atoms with E-state index in [1.807, 2.05) is 0 Å². The SMILES string of the molecule is COc1cc(Br)ccc1-n1c(=O)ccc2cc(S(=O)(=O)Oc3c(F)c(F)c(F)c(F)c3F)ccc21.COc1cc(Br)ccc1-n1c(=O)ccc2cc(S(=O)(=O)Oc3c(F)c(F)c(F)c(F)c3F)ccc21. The van der Waals surface area contributed by atoms with E-state index in [2.05, 4.69) is 40.2 Å². The molecule has 0 atom stereocenters. The van der Waals surface area contributed by atoms with Crippen LogP contribution in [0.15, 0.2) is 125 Å². The van der Waals surface area contributed by atoms with Gasteiger partial charge >= 0.3 is 20.2 Å². The lowest BCUT2D eigenvalue weighted by atomic mass is 10.2. The Bertz CT molecular complexity index is 3540. The highest BCUT2D eigenvalue weighted by molar-refractivity contribution is 9.10. The van der Waals surface area contributed by atoms with Crippen LogP contribution in [0.1, 0.15) is 0 Å². The molecule has 364 valence electrons. The van der Waals surface area contributed by atoms with E-state index in [4.69, 9.17) is 9.47 Å². The molecule has 0 aliphatic heterocycles. The van der Waals surface area contributed by atoms with Crippen molar-refractivity contribution in [3.8, 4) is 34.4 Å². The lowest BCUT2D eigenvalue weighted by molar-refractivity contribution is 0.346. The fraction of sp³-hybridized carbons (Fsp3) is 0.0455. The average Bonchev–Trinajstić information content (AvgIpc) is 3.34. The first kappa shape index (κ1) is 51.0. The number of nitrogens with zero attached hydrogens (tertiary/aromatic N) is 2. The maximum absolute atomic E-state index is 13.9. The highest BCUT2D eigenvalue weighted by Crippen LogP contribution is 2.35. The number of ether oxygens (including phenoxy) is 2. The van der Waals surface area contributed by atoms with Crippen LogP contribution in [0.2, 0.25) is 0 Å². The zero-order valence-electron chi connectivity index (χ0n) is 34.6. The van der Waals surface area contributed by atoms with Gasteiger partial charge in [0.25, 0.3) is 11.1 Å². The van der Waals surface area contributed by atoms with Gasteiger partial charge < -0.3 is 17.8 Å². The van der Waals surface area contributed by atoms with Gasteiger partial charge in [0.2, 0.25) is 69.7 Å². The molecule has 70 heavy (non-hydrogen) atoms. The number of hydrogen-bond acceptors (Lipinski definition) is 10. The molecule has 0 spiro atoms. The minimum absolute atomic E-state index is 0.177. The van der Waals surface area contributed by atoms with Crippen molar-refractivity contribution < 1.29 is 78.6 Å². The summed E-state index contributed by atoms with van der Waals surface area (Å²) in [6.07, 6.45) is 0. The molecule has 0 saturated heterocycles. The van der Waals surface area contributed by atoms with Crippen molar-refractivity contribution in [1.82, 2.24) is 9.13 Å². The van der Waals surface area contributed by atoms with Crippen molar-refractivity contribution in [2.24, 2.45) is 0 Å². The monoisotopic (exact) mass is 1150 g/mol. The Morgan fingerprint density at radius 1 is 0.414 bits per heavy atom. The van der Waals surface area contributed by atoms with E-state index in [-0.39, 0.29) is 21.8 Å². The van der Waals surface area contributed by atoms with Crippen molar-refractivity contribution in [3.63, 3.8) is 0 Å². The van der Waals surface area contributed by atoms with Gasteiger partial charge in [-0.1, -0.05) is 31.9 Å². The van der Waals surface area contributed by atoms with Crippen LogP contribution < -0.4 is 29.0 Å². The van der Waals surface area contributed by atoms with Crippen LogP contribution in [0.4, 0.5) is 43.9 Å². The Morgan fingerprint density at radius 3 is 1.04 bits per heavy atom. The molecule has 0 N–H and O–H groups in total. The second-order valence-corrected chi connectivity index (χ2v) is 18.9. The van der Waals surface area contributed by atoms with Gasteiger partial charge in [-0.15, -0.1) is 0 Å². The van der Waals surface area contributed by atoms with E-state index in [0.717, 1.165) is 36.4 Å². The molecule has 0 amide bonds. The Morgan fingerprint density at radius 2 is 0.729 bits per heavy atom. The zero-order chi connectivity index (χ0) is 51.3. The Hall–Kier alpha value is -6.90. The molecular weight excluding hydrogens is 1130 g/mol. The Balaban J connectivity index is 0.000000206. The standard InChI is InChI=1S/2C22H11BrF5NO5S/c2*1-33-15-9-11(23)3-5-14(15)29-13-6-4-12(8-10(13)2-7-16(29)30)35(31,32)34-22-20(27)18(25)17(24)19(26)21(22)28/h2*2-9H,1H3. The highest BCUT2D eigenvalue weighted by Gasteiger charge is 2.33. The third-order valence-electron chi connectivity index (χ3n) is 9.80. The largest absolute Gasteiger partial charge is 0.495 e. The summed E-state index contributed by atoms with van der Waals surface area (Å²) in [6, 6.07) is 20.9. The molecule has 12 nitrogen and oxygen atoms in total. The van der Waals surface area contributed by atoms with Gasteiger partial charge in [-0.3, -0.25) is 18.7 Å². The third-order valence-corrected chi connectivity index (χ3v) is 13.2. The van der Waals surface area contributed by atoms with E-state index < -0.39 is 111 Å². The van der Waals surface area contributed by atoms with Gasteiger partial charge in [0.05, 0.1) is 36.6 Å². The molecule has 0 aliphatic carbocycles. The van der Waals surface area contributed by atoms with E-state index in [1.165, 1.54) is 47.6 Å². The highest BCUT2D eigenvalue weighted by atomic mass is 79.9. The predicted octanol–water partition coefficient (Wildman–Crippen LogP) is 10.4. The predicted molar refractivity (Wildman–Crippen MR) is 236 cm³/mol. The van der Waals surface area contributed by atoms with Crippen LogP contribution >= 0.6 is 31.9 Å². The zero-order valence-corrected chi connectivity index (χ0v) is 39.4. The van der Waals surface area contributed by atoms with Crippen LogP contribution in [0.3, 0.4) is 0 Å². The van der Waals surface area contributed by atoms with E-state index in [1.54, 1.807) is 36.4 Å². The maximum Gasteiger partial charge on any atom is 0.339 e. The molecule has 0 fully saturated rings. The lowest BCUT2D eigenvalue weighted by Gasteiger charge is -2.15. The number of methoxy groups -OCH3 is 2. The number of benzene rings is 6. The van der Waals surface area contributed by atoms with Crippen molar-refractivity contribution in [2.75, 3.05) is 14.2 Å². The molecule has 0 radical (unpaired) electrons. The molecule has 0 aliphatic rings. The van der Waals surface area contributed by atoms with Crippen molar-refractivity contribution in [3.05, 3.63) is 185 Å². The fourth-order valence-electron chi connectivity index (χ4n) is 6.56. The minimum Gasteiger partial charge on any atom is -0.495 e. The smallest absolute Gasteiger partial charge is 0.339 e. The van der Waals surface area contributed by atoms with Crippen LogP contribution in [-0.4, -0.2) is 40.2 Å². The van der Waals surface area contributed by atoms with Crippen LogP contribution in [-0.2, 0) is 20.2 Å². The lowest BCUT2D eigenvalue weighted by Crippen LogP contribution is -2.18. The van der Waals surface area contributed by atoms with Gasteiger partial charge in [-0.2, -0.15) is 34.4 Å². The molecule has 2 heterocycles. The van der Waals surface area contributed by atoms with Crippen LogP contribution in [0.5, 0.6) is 23.0 Å². The van der Waals surface area contributed by atoms with E-state index >= 15 is 0 Å². The summed E-state index contributed by atoms with van der Waals surface area (Å²) in [5.74, 6) is -27.4. The average molecular weight is 1150 g/mol. The summed E-state index contributed by atoms with van der Waals surface area (Å²) in [7, 11) is -7.33. The van der Waals surface area contributed by atoms with E-state index in [0.29, 0.717) is 31.8 Å². The summed E-state index contributed by atoms with van der Waals surface area (Å²) in [6.45, 7) is 0. The summed E-state index contributed by atoms with van der Waals surface area (Å²) < 4.78 is 209. The summed E-state index contributed by atoms with van der Waals surface area (Å²) >= 11 is 6.58. The van der Waals surface area contributed by atoms with Gasteiger partial charge in [0.1, 0.15) is 21.3 Å². The van der Waals surface area contributed by atoms with Crippen LogP contribution in [0, 0.1) is 58.2 Å². The first-order chi connectivity index (χ1) is 32.9. The van der Waals surface area contributed by atoms with E-state index in [9.17, 15) is 70.3 Å². The quantitative estimate of drug-likeness (QED) is 0.0561. The fourth-order valence-corrected chi connectivity index (χ4v) is 9.18. The second-order valence-electron chi connectivity index (χ2n) is 14.0. The Labute approximate surface area is 403 Å². The second kappa shape index (κ2) is 19.5. The minimum atomic E-state index is -5.06. The molecule has 8 aromatic rings. The number of rotatable bonds is 10. The first-order valence-corrected chi connectivity index (χ1v) is 23.2. The van der Waals surface area contributed by atoms with Gasteiger partial charge in [-0.05, 0) is 84.9 Å². The molecule has 8 rings (SSSR count). The topological polar surface area (TPSA) is 149 Å². The number of pyridine rings is 2. The summed E-state index contributed by atoms with van der Waals surface area (Å²) in [4.78, 5) is 24.0. The van der Waals surface area contributed by atoms with Crippen molar-refractivity contribution in [1.29, 1.82) is 0 Å². The third kappa shape index (κ3) is 9.42. The molecule has 0 unspecified atom stereocenters. The maximum atomic E-state index is 13.9. The van der Waals surface area contributed by atoms with Gasteiger partial charge in [0.15, 0.2) is 0 Å². The number of halogens is 12. The molecule has 2 aromatic heterocycles. The number of fused-ring (bicyclic) bond motifs is 2. The van der Waals surface area contributed by atoms with Crippen LogP contribution in [0.25, 0.3) is 33.2 Å². The van der Waals surface area contributed by atoms with Gasteiger partial charge in [0, 0.05) is 31.9 Å². The molecule has 26 heteroatoms. The molecule has 0 saturated carbocycles. The van der Waals surface area contributed by atoms with Gasteiger partial charge in [-0.25, -0.2) is 26.3 Å². The first-order valence-electron chi connectivity index (χ1n) is 18.8. The van der Waals surface area contributed by atoms with Crippen molar-refractivity contribution >= 4 is 73.9 Å². The normalized spacial score (nSPS) is 11.6. The summed E-state index contributed by atoms with van der Waals surface area (Å²) in [5, 5.41) is 0.355. The molecule has 0 bridgehead atoms. The van der Waals surface area contributed by atoms with Crippen molar-refractivity contribution in [2.45, 2.75) is 9.79 Å². The number of hydrogen-bond donors (Lipinski definition) is 0. The Kier molecular flexibility index (Phi) is 14.2.